The molecule has 1 aliphatic rings. The summed E-state index contributed by atoms with van der Waals surface area (Å²) in [6.45, 7) is 4.59. The van der Waals surface area contributed by atoms with Gasteiger partial charge in [0, 0.05) is 41.3 Å². The third kappa shape index (κ3) is 5.12. The lowest BCUT2D eigenvalue weighted by molar-refractivity contribution is 0.0731. The summed E-state index contributed by atoms with van der Waals surface area (Å²) in [5.74, 6) is 0.238. The summed E-state index contributed by atoms with van der Waals surface area (Å²) in [7, 11) is -3.73. The summed E-state index contributed by atoms with van der Waals surface area (Å²) in [4.78, 5) is 14.8. The van der Waals surface area contributed by atoms with Gasteiger partial charge in [-0.05, 0) is 55.8 Å². The van der Waals surface area contributed by atoms with Crippen LogP contribution in [0.3, 0.4) is 0 Å². The molecule has 150 valence electrons. The Morgan fingerprint density at radius 2 is 2.00 bits per heavy atom. The van der Waals surface area contributed by atoms with E-state index in [-0.39, 0.29) is 10.8 Å². The number of halogens is 1. The van der Waals surface area contributed by atoms with Crippen LogP contribution < -0.4 is 4.72 Å². The lowest BCUT2D eigenvalue weighted by Crippen LogP contribution is -2.35. The average Bonchev–Trinajstić information content (AvgIpc) is 3.19. The highest BCUT2D eigenvalue weighted by Gasteiger charge is 2.23. The Balaban J connectivity index is 1.75. The maximum absolute atomic E-state index is 12.9. The zero-order valence-electron chi connectivity index (χ0n) is 15.6. The number of benzene rings is 2. The number of carbonyl (C=O) groups excluding carboxylic acids is 1. The number of amides is 1. The van der Waals surface area contributed by atoms with Gasteiger partial charge >= 0.3 is 0 Å². The van der Waals surface area contributed by atoms with Gasteiger partial charge in [-0.3, -0.25) is 9.52 Å². The van der Waals surface area contributed by atoms with Gasteiger partial charge in [0.1, 0.15) is 0 Å². The molecule has 0 saturated carbocycles. The van der Waals surface area contributed by atoms with Crippen molar-refractivity contribution in [3.05, 3.63) is 58.6 Å². The summed E-state index contributed by atoms with van der Waals surface area (Å²) >= 11 is 3.29. The van der Waals surface area contributed by atoms with Gasteiger partial charge in [-0.25, -0.2) is 8.42 Å². The molecule has 0 spiro atoms. The molecule has 1 unspecified atom stereocenters. The first-order valence-corrected chi connectivity index (χ1v) is 11.4. The number of carbonyl (C=O) groups is 1. The largest absolute Gasteiger partial charge is 0.381 e. The van der Waals surface area contributed by atoms with Gasteiger partial charge in [0.15, 0.2) is 0 Å². The number of rotatable bonds is 7. The van der Waals surface area contributed by atoms with Crippen LogP contribution in [0.1, 0.15) is 23.7 Å². The third-order valence-corrected chi connectivity index (χ3v) is 6.58. The van der Waals surface area contributed by atoms with Crippen LogP contribution in [-0.4, -0.2) is 45.5 Å². The Morgan fingerprint density at radius 1 is 1.25 bits per heavy atom. The van der Waals surface area contributed by atoms with Crippen LogP contribution in [0.15, 0.2) is 57.9 Å². The molecule has 6 nitrogen and oxygen atoms in total. The van der Waals surface area contributed by atoms with Crippen LogP contribution in [0, 0.1) is 5.92 Å². The number of anilines is 1. The summed E-state index contributed by atoms with van der Waals surface area (Å²) in [6, 6.07) is 13.0. The number of sulfonamides is 1. The fourth-order valence-electron chi connectivity index (χ4n) is 3.12. The van der Waals surface area contributed by atoms with Gasteiger partial charge < -0.3 is 9.64 Å². The molecular weight excluding hydrogens is 444 g/mol. The number of nitrogens with zero attached hydrogens (tertiary/aromatic N) is 1. The Kier molecular flexibility index (Phi) is 6.74. The van der Waals surface area contributed by atoms with Crippen LogP contribution in [0.5, 0.6) is 0 Å². The molecule has 0 aromatic heterocycles. The van der Waals surface area contributed by atoms with Crippen LogP contribution in [0.25, 0.3) is 0 Å². The van der Waals surface area contributed by atoms with Gasteiger partial charge in [0.2, 0.25) is 0 Å². The molecule has 1 aliphatic heterocycles. The Labute approximate surface area is 174 Å². The first-order valence-electron chi connectivity index (χ1n) is 9.14. The molecule has 1 heterocycles. The molecule has 28 heavy (non-hydrogen) atoms. The second-order valence-corrected chi connectivity index (χ2v) is 9.31. The first kappa shape index (κ1) is 20.8. The van der Waals surface area contributed by atoms with E-state index >= 15 is 0 Å². The Hall–Kier alpha value is -1.90. The maximum atomic E-state index is 12.9. The van der Waals surface area contributed by atoms with Crippen molar-refractivity contribution in [2.45, 2.75) is 18.2 Å². The highest BCUT2D eigenvalue weighted by Crippen LogP contribution is 2.21. The van der Waals surface area contributed by atoms with E-state index in [9.17, 15) is 13.2 Å². The Bertz CT molecular complexity index is 925. The highest BCUT2D eigenvalue weighted by atomic mass is 79.9. The fraction of sp³-hybridized carbons (Fsp3) is 0.350. The van der Waals surface area contributed by atoms with E-state index in [0.717, 1.165) is 17.5 Å². The normalized spacial score (nSPS) is 16.7. The molecule has 8 heteroatoms. The van der Waals surface area contributed by atoms with E-state index in [2.05, 4.69) is 20.7 Å². The van der Waals surface area contributed by atoms with Crippen molar-refractivity contribution in [3.63, 3.8) is 0 Å². The van der Waals surface area contributed by atoms with E-state index in [1.54, 1.807) is 41.3 Å². The zero-order chi connectivity index (χ0) is 20.1. The molecule has 0 radical (unpaired) electrons. The van der Waals surface area contributed by atoms with Gasteiger partial charge in [-0.2, -0.15) is 0 Å². The Morgan fingerprint density at radius 3 is 2.64 bits per heavy atom. The predicted octanol–water partition coefficient (Wildman–Crippen LogP) is 3.75. The van der Waals surface area contributed by atoms with Crippen LogP contribution in [0.2, 0.25) is 0 Å². The summed E-state index contributed by atoms with van der Waals surface area (Å²) in [5.41, 5.74) is 0.811. The van der Waals surface area contributed by atoms with Crippen LogP contribution in [-0.2, 0) is 14.8 Å². The molecule has 0 aliphatic carbocycles. The molecule has 2 aromatic carbocycles. The molecule has 1 saturated heterocycles. The van der Waals surface area contributed by atoms with Crippen molar-refractivity contribution in [1.82, 2.24) is 4.90 Å². The number of hydrogen-bond acceptors (Lipinski definition) is 4. The van der Waals surface area contributed by atoms with Crippen LogP contribution >= 0.6 is 15.9 Å². The molecule has 1 N–H and O–H groups in total. The topological polar surface area (TPSA) is 75.7 Å². The minimum Gasteiger partial charge on any atom is -0.381 e. The summed E-state index contributed by atoms with van der Waals surface area (Å²) in [5, 5.41) is 0. The van der Waals surface area contributed by atoms with Crippen molar-refractivity contribution < 1.29 is 17.9 Å². The lowest BCUT2D eigenvalue weighted by atomic mass is 10.1. The monoisotopic (exact) mass is 466 g/mol. The van der Waals surface area contributed by atoms with Crippen LogP contribution in [0.4, 0.5) is 5.69 Å². The maximum Gasteiger partial charge on any atom is 0.261 e. The second kappa shape index (κ2) is 9.07. The smallest absolute Gasteiger partial charge is 0.261 e. The summed E-state index contributed by atoms with van der Waals surface area (Å²) in [6.07, 6.45) is 0.955. The van der Waals surface area contributed by atoms with E-state index in [1.807, 2.05) is 6.92 Å². The molecule has 1 atom stereocenters. The lowest BCUT2D eigenvalue weighted by Gasteiger charge is -2.24. The molecule has 3 rings (SSSR count). The molecular formula is C20H23BrN2O4S. The second-order valence-electron chi connectivity index (χ2n) is 6.71. The molecule has 1 amide bonds. The fourth-order valence-corrected chi connectivity index (χ4v) is 4.43. The quantitative estimate of drug-likeness (QED) is 0.673. The number of hydrogen-bond donors (Lipinski definition) is 1. The molecule has 0 bridgehead atoms. The first-order chi connectivity index (χ1) is 13.4. The third-order valence-electron chi connectivity index (χ3n) is 4.66. The van der Waals surface area contributed by atoms with Gasteiger partial charge in [0.05, 0.1) is 11.5 Å². The van der Waals surface area contributed by atoms with E-state index in [1.165, 1.54) is 12.1 Å². The SMILES string of the molecule is CCN(CC1CCOC1)C(=O)c1cccc(NS(=O)(=O)c2ccc(Br)cc2)c1. The van der Waals surface area contributed by atoms with Crippen molar-refractivity contribution >= 4 is 37.5 Å². The minimum atomic E-state index is -3.73. The standard InChI is InChI=1S/C20H23BrN2O4S/c1-2-23(13-15-10-11-27-14-15)20(24)16-4-3-5-18(12-16)22-28(25,26)19-8-6-17(21)7-9-19/h3-9,12,15,22H,2,10-11,13-14H2,1H3. The predicted molar refractivity (Wildman–Crippen MR) is 112 cm³/mol. The summed E-state index contributed by atoms with van der Waals surface area (Å²) < 4.78 is 33.9. The van der Waals surface area contributed by atoms with Gasteiger partial charge in [-0.1, -0.05) is 22.0 Å². The highest BCUT2D eigenvalue weighted by molar-refractivity contribution is 9.10. The van der Waals surface area contributed by atoms with Gasteiger partial charge in [0.25, 0.3) is 15.9 Å². The average molecular weight is 467 g/mol. The molecule has 2 aromatic rings. The number of ether oxygens (including phenoxy) is 1. The zero-order valence-corrected chi connectivity index (χ0v) is 18.0. The van der Waals surface area contributed by atoms with E-state index in [0.29, 0.717) is 36.9 Å². The molecule has 1 fully saturated rings. The van der Waals surface area contributed by atoms with Crippen molar-refractivity contribution in [2.75, 3.05) is 31.0 Å². The van der Waals surface area contributed by atoms with Crippen molar-refractivity contribution in [3.8, 4) is 0 Å². The van der Waals surface area contributed by atoms with Crippen molar-refractivity contribution in [2.24, 2.45) is 5.92 Å². The van der Waals surface area contributed by atoms with E-state index in [4.69, 9.17) is 4.74 Å². The number of nitrogens with one attached hydrogen (secondary N) is 1. The minimum absolute atomic E-state index is 0.112. The van der Waals surface area contributed by atoms with Crippen molar-refractivity contribution in [1.29, 1.82) is 0 Å². The van der Waals surface area contributed by atoms with Gasteiger partial charge in [-0.15, -0.1) is 0 Å². The van der Waals surface area contributed by atoms with E-state index < -0.39 is 10.0 Å².